The van der Waals surface area contributed by atoms with Crippen LogP contribution in [-0.4, -0.2) is 66.4 Å². The van der Waals surface area contributed by atoms with Gasteiger partial charge in [0.25, 0.3) is 0 Å². The van der Waals surface area contributed by atoms with Gasteiger partial charge in [0, 0.05) is 32.7 Å². The zero-order chi connectivity index (χ0) is 15.9. The summed E-state index contributed by atoms with van der Waals surface area (Å²) in [5, 5.41) is 10.4. The first-order valence-electron chi connectivity index (χ1n) is 8.35. The molecule has 1 N–H and O–H groups in total. The molecule has 0 bridgehead atoms. The third-order valence-electron chi connectivity index (χ3n) is 4.14. The Morgan fingerprint density at radius 3 is 2.73 bits per heavy atom. The van der Waals surface area contributed by atoms with Gasteiger partial charge >= 0.3 is 0 Å². The summed E-state index contributed by atoms with van der Waals surface area (Å²) in [4.78, 5) is 4.52. The van der Waals surface area contributed by atoms with Gasteiger partial charge in [-0.3, -0.25) is 9.80 Å². The van der Waals surface area contributed by atoms with Gasteiger partial charge in [-0.15, -0.1) is 0 Å². The molecule has 0 aliphatic carbocycles. The van der Waals surface area contributed by atoms with E-state index in [1.807, 2.05) is 6.07 Å². The molecule has 2 rings (SSSR count). The van der Waals surface area contributed by atoms with E-state index in [9.17, 15) is 5.11 Å². The van der Waals surface area contributed by atoms with Gasteiger partial charge in [-0.05, 0) is 26.0 Å². The lowest BCUT2D eigenvalue weighted by Crippen LogP contribution is -2.50. The van der Waals surface area contributed by atoms with Gasteiger partial charge < -0.3 is 9.84 Å². The Bertz CT molecular complexity index is 426. The predicted molar refractivity (Wildman–Crippen MR) is 89.8 cm³/mol. The minimum absolute atomic E-state index is 0.257. The lowest BCUT2D eigenvalue weighted by atomic mass is 10.1. The van der Waals surface area contributed by atoms with E-state index < -0.39 is 0 Å². The molecule has 3 unspecified atom stereocenters. The second kappa shape index (κ2) is 8.63. The monoisotopic (exact) mass is 306 g/mol. The Balaban J connectivity index is 1.75. The fourth-order valence-corrected chi connectivity index (χ4v) is 3.19. The lowest BCUT2D eigenvalue weighted by Gasteiger charge is -2.37. The van der Waals surface area contributed by atoms with Crippen molar-refractivity contribution in [3.05, 3.63) is 35.9 Å². The van der Waals surface area contributed by atoms with Gasteiger partial charge in [0.2, 0.25) is 0 Å². The quantitative estimate of drug-likeness (QED) is 0.835. The molecule has 0 amide bonds. The molecule has 0 radical (unpaired) electrons. The van der Waals surface area contributed by atoms with E-state index in [0.29, 0.717) is 12.6 Å². The van der Waals surface area contributed by atoms with Crippen LogP contribution in [0.3, 0.4) is 0 Å². The summed E-state index contributed by atoms with van der Waals surface area (Å²) in [6.45, 7) is 8.40. The highest BCUT2D eigenvalue weighted by Crippen LogP contribution is 2.14. The number of β-amino-alcohol motifs (C(OH)–C–C–N with tert-alkyl or cyclic N) is 1. The van der Waals surface area contributed by atoms with Crippen LogP contribution in [0.15, 0.2) is 30.3 Å². The minimum Gasteiger partial charge on any atom is -0.390 e. The van der Waals surface area contributed by atoms with Gasteiger partial charge in [0.05, 0.1) is 18.3 Å². The number of hydrogen-bond donors (Lipinski definition) is 1. The Hall–Kier alpha value is -0.940. The fourth-order valence-electron chi connectivity index (χ4n) is 3.19. The Morgan fingerprint density at radius 1 is 1.32 bits per heavy atom. The highest BCUT2D eigenvalue weighted by atomic mass is 16.5. The van der Waals surface area contributed by atoms with Crippen molar-refractivity contribution in [2.24, 2.45) is 0 Å². The van der Waals surface area contributed by atoms with E-state index in [4.69, 9.17) is 4.74 Å². The van der Waals surface area contributed by atoms with Crippen molar-refractivity contribution in [2.75, 3.05) is 33.2 Å². The number of nitrogens with zero attached hydrogens (tertiary/aromatic N) is 2. The van der Waals surface area contributed by atoms with Crippen LogP contribution in [0.4, 0.5) is 0 Å². The van der Waals surface area contributed by atoms with Gasteiger partial charge in [0.15, 0.2) is 0 Å². The number of morpholine rings is 1. The third-order valence-corrected chi connectivity index (χ3v) is 4.14. The zero-order valence-electron chi connectivity index (χ0n) is 14.1. The van der Waals surface area contributed by atoms with Crippen molar-refractivity contribution in [1.29, 1.82) is 0 Å². The first-order valence-corrected chi connectivity index (χ1v) is 8.35. The molecule has 4 nitrogen and oxygen atoms in total. The number of ether oxygens (including phenoxy) is 1. The van der Waals surface area contributed by atoms with E-state index >= 15 is 0 Å². The second-order valence-corrected chi connectivity index (χ2v) is 6.53. The molecule has 1 fully saturated rings. The van der Waals surface area contributed by atoms with Crippen molar-refractivity contribution in [1.82, 2.24) is 9.80 Å². The molecule has 1 aliphatic rings. The molecule has 0 saturated carbocycles. The molecule has 1 aliphatic heterocycles. The summed E-state index contributed by atoms with van der Waals surface area (Å²) < 4.78 is 5.87. The number of rotatable bonds is 7. The Kier molecular flexibility index (Phi) is 6.83. The molecule has 1 saturated heterocycles. The van der Waals surface area contributed by atoms with Crippen molar-refractivity contribution in [3.8, 4) is 0 Å². The van der Waals surface area contributed by atoms with E-state index in [1.54, 1.807) is 0 Å². The maximum atomic E-state index is 10.4. The fraction of sp³-hybridized carbons (Fsp3) is 0.667. The lowest BCUT2D eigenvalue weighted by molar-refractivity contribution is -0.0865. The highest BCUT2D eigenvalue weighted by Gasteiger charge is 2.25. The largest absolute Gasteiger partial charge is 0.390 e. The molecule has 1 aromatic carbocycles. The summed E-state index contributed by atoms with van der Waals surface area (Å²) >= 11 is 0. The Morgan fingerprint density at radius 2 is 2.05 bits per heavy atom. The third kappa shape index (κ3) is 5.69. The summed E-state index contributed by atoms with van der Waals surface area (Å²) in [5.41, 5.74) is 1.28. The van der Waals surface area contributed by atoms with E-state index in [1.165, 1.54) is 5.56 Å². The van der Waals surface area contributed by atoms with Crippen LogP contribution in [-0.2, 0) is 11.3 Å². The van der Waals surface area contributed by atoms with Gasteiger partial charge in [-0.1, -0.05) is 37.3 Å². The average Bonchev–Trinajstić information content (AvgIpc) is 2.47. The molecule has 1 aromatic rings. The molecule has 124 valence electrons. The molecule has 0 spiro atoms. The number of likely N-dealkylation sites (N-methyl/N-ethyl adjacent to an activating group) is 1. The molecule has 4 heteroatoms. The van der Waals surface area contributed by atoms with Gasteiger partial charge in [-0.25, -0.2) is 0 Å². The van der Waals surface area contributed by atoms with Crippen molar-refractivity contribution >= 4 is 0 Å². The van der Waals surface area contributed by atoms with Crippen molar-refractivity contribution in [2.45, 2.75) is 45.1 Å². The normalized spacial score (nSPS) is 24.6. The standard InChI is InChI=1S/C18H30N2O2/c1-4-18-14-20(10-15(2)22-18)13-17(21)12-19(3)11-16-8-6-5-7-9-16/h5-9,15,17-18,21H,4,10-14H2,1-3H3. The van der Waals surface area contributed by atoms with Gasteiger partial charge in [-0.2, -0.15) is 0 Å². The number of benzene rings is 1. The molecule has 0 aromatic heterocycles. The first-order chi connectivity index (χ1) is 10.6. The minimum atomic E-state index is -0.323. The first kappa shape index (κ1) is 17.4. The maximum Gasteiger partial charge on any atom is 0.0793 e. The van der Waals surface area contributed by atoms with E-state index in [2.05, 4.69) is 55.0 Å². The zero-order valence-corrected chi connectivity index (χ0v) is 14.1. The SMILES string of the molecule is CCC1CN(CC(O)CN(C)Cc2ccccc2)CC(C)O1. The molecular weight excluding hydrogens is 276 g/mol. The van der Waals surface area contributed by atoms with Gasteiger partial charge in [0.1, 0.15) is 0 Å². The summed E-state index contributed by atoms with van der Waals surface area (Å²) in [6.07, 6.45) is 1.27. The summed E-state index contributed by atoms with van der Waals surface area (Å²) in [5.74, 6) is 0. The summed E-state index contributed by atoms with van der Waals surface area (Å²) in [6, 6.07) is 10.4. The topological polar surface area (TPSA) is 35.9 Å². The summed E-state index contributed by atoms with van der Waals surface area (Å²) in [7, 11) is 2.06. The average molecular weight is 306 g/mol. The number of aliphatic hydroxyl groups is 1. The van der Waals surface area contributed by atoms with Crippen LogP contribution >= 0.6 is 0 Å². The van der Waals surface area contributed by atoms with Crippen LogP contribution in [0, 0.1) is 0 Å². The van der Waals surface area contributed by atoms with Crippen LogP contribution < -0.4 is 0 Å². The smallest absolute Gasteiger partial charge is 0.0793 e. The van der Waals surface area contributed by atoms with Crippen molar-refractivity contribution < 1.29 is 9.84 Å². The molecule has 22 heavy (non-hydrogen) atoms. The second-order valence-electron chi connectivity index (χ2n) is 6.53. The number of aliphatic hydroxyl groups excluding tert-OH is 1. The maximum absolute atomic E-state index is 10.4. The van der Waals surface area contributed by atoms with Crippen LogP contribution in [0.2, 0.25) is 0 Å². The Labute approximate surface area is 134 Å². The predicted octanol–water partition coefficient (Wildman–Crippen LogP) is 1.98. The van der Waals surface area contributed by atoms with Crippen LogP contribution in [0.5, 0.6) is 0 Å². The molecule has 3 atom stereocenters. The number of hydrogen-bond acceptors (Lipinski definition) is 4. The van der Waals surface area contributed by atoms with Crippen LogP contribution in [0.1, 0.15) is 25.8 Å². The van der Waals surface area contributed by atoms with E-state index in [-0.39, 0.29) is 12.2 Å². The molecular formula is C18H30N2O2. The van der Waals surface area contributed by atoms with Crippen molar-refractivity contribution in [3.63, 3.8) is 0 Å². The molecule has 1 heterocycles. The van der Waals surface area contributed by atoms with E-state index in [0.717, 1.165) is 32.6 Å². The highest BCUT2D eigenvalue weighted by molar-refractivity contribution is 5.14. The van der Waals surface area contributed by atoms with Crippen LogP contribution in [0.25, 0.3) is 0 Å².